The highest BCUT2D eigenvalue weighted by atomic mass is 19.4. The molecule has 2 heterocycles. The van der Waals surface area contributed by atoms with E-state index < -0.39 is 48.2 Å². The zero-order valence-electron chi connectivity index (χ0n) is 21.1. The molecule has 2 N–H and O–H groups in total. The number of nitrogens with zero attached hydrogens (tertiary/aromatic N) is 3. The summed E-state index contributed by atoms with van der Waals surface area (Å²) >= 11 is 0. The summed E-state index contributed by atoms with van der Waals surface area (Å²) in [7, 11) is 0. The van der Waals surface area contributed by atoms with E-state index in [9.17, 15) is 41.0 Å². The van der Waals surface area contributed by atoms with Crippen molar-refractivity contribution in [2.75, 3.05) is 19.6 Å². The lowest BCUT2D eigenvalue weighted by Gasteiger charge is -2.21. The van der Waals surface area contributed by atoms with Crippen LogP contribution in [0.25, 0.3) is 11.3 Å². The van der Waals surface area contributed by atoms with Crippen molar-refractivity contribution in [3.8, 4) is 11.3 Å². The number of hydrogen-bond donors (Lipinski definition) is 2. The summed E-state index contributed by atoms with van der Waals surface area (Å²) in [5, 5.41) is 16.3. The van der Waals surface area contributed by atoms with Crippen molar-refractivity contribution < 1.29 is 41.0 Å². The van der Waals surface area contributed by atoms with Crippen molar-refractivity contribution in [3.63, 3.8) is 0 Å². The molecule has 2 atom stereocenters. The number of hydrogen-bond acceptors (Lipinski definition) is 4. The van der Waals surface area contributed by atoms with Gasteiger partial charge in [0.1, 0.15) is 0 Å². The largest absolute Gasteiger partial charge is 0.481 e. The third kappa shape index (κ3) is 7.11. The van der Waals surface area contributed by atoms with Gasteiger partial charge >= 0.3 is 18.3 Å². The highest BCUT2D eigenvalue weighted by Crippen LogP contribution is 2.40. The van der Waals surface area contributed by atoms with Crippen LogP contribution in [0.15, 0.2) is 30.3 Å². The minimum absolute atomic E-state index is 0.0414. The Morgan fingerprint density at radius 1 is 1.08 bits per heavy atom. The van der Waals surface area contributed by atoms with E-state index in [0.717, 1.165) is 18.9 Å². The first-order valence-corrected chi connectivity index (χ1v) is 12.9. The van der Waals surface area contributed by atoms with Gasteiger partial charge in [-0.15, -0.1) is 0 Å². The Bertz CT molecular complexity index is 1170. The number of alkyl halides is 6. The Labute approximate surface area is 221 Å². The van der Waals surface area contributed by atoms with Gasteiger partial charge in [0.05, 0.1) is 29.6 Å². The molecule has 2 aromatic rings. The Balaban J connectivity index is 1.54. The van der Waals surface area contributed by atoms with Gasteiger partial charge in [-0.2, -0.15) is 31.4 Å². The molecule has 2 aliphatic rings. The van der Waals surface area contributed by atoms with Crippen LogP contribution in [0.3, 0.4) is 0 Å². The zero-order chi connectivity index (χ0) is 28.4. The predicted octanol–water partition coefficient (Wildman–Crippen LogP) is 5.53. The van der Waals surface area contributed by atoms with Crippen LogP contribution in [0, 0.1) is 5.92 Å². The summed E-state index contributed by atoms with van der Waals surface area (Å²) in [5.41, 5.74) is -0.978. The number of carboxylic acids is 1. The lowest BCUT2D eigenvalue weighted by molar-refractivity contribution is -0.170. The van der Waals surface area contributed by atoms with Crippen molar-refractivity contribution in [3.05, 3.63) is 41.6 Å². The predicted molar refractivity (Wildman–Crippen MR) is 129 cm³/mol. The van der Waals surface area contributed by atoms with Crippen molar-refractivity contribution in [1.29, 1.82) is 0 Å². The fourth-order valence-electron chi connectivity index (χ4n) is 5.42. The van der Waals surface area contributed by atoms with Gasteiger partial charge in [-0.05, 0) is 44.4 Å². The van der Waals surface area contributed by atoms with E-state index in [2.05, 4.69) is 10.4 Å². The Kier molecular flexibility index (Phi) is 8.57. The van der Waals surface area contributed by atoms with Gasteiger partial charge in [0, 0.05) is 24.7 Å². The van der Waals surface area contributed by atoms with Crippen LogP contribution in [0.5, 0.6) is 0 Å². The van der Waals surface area contributed by atoms with E-state index in [1.165, 1.54) is 28.9 Å². The highest BCUT2D eigenvalue weighted by molar-refractivity contribution is 5.94. The van der Waals surface area contributed by atoms with Crippen LogP contribution in [-0.2, 0) is 11.0 Å². The quantitative estimate of drug-likeness (QED) is 0.394. The second-order valence-electron chi connectivity index (χ2n) is 10.2. The third-order valence-electron chi connectivity index (χ3n) is 7.43. The SMILES string of the molecule is O=C(O)CC(CCN1CCC(C(F)(F)F)C1)NC(=O)c1cc(-c2ccccc2C(F)(F)F)n(C2CCCC2)n1. The van der Waals surface area contributed by atoms with E-state index in [-0.39, 0.29) is 55.5 Å². The summed E-state index contributed by atoms with van der Waals surface area (Å²) in [6.45, 7) is 0.183. The molecule has 1 saturated heterocycles. The number of benzene rings is 1. The number of amides is 1. The number of aromatic nitrogens is 2. The maximum absolute atomic E-state index is 13.8. The van der Waals surface area contributed by atoms with Crippen molar-refractivity contribution in [2.45, 2.75) is 69.4 Å². The van der Waals surface area contributed by atoms with Crippen molar-refractivity contribution in [2.24, 2.45) is 5.92 Å². The minimum Gasteiger partial charge on any atom is -0.481 e. The van der Waals surface area contributed by atoms with Gasteiger partial charge in [-0.25, -0.2) is 0 Å². The molecular formula is C26H30F6N4O3. The zero-order valence-corrected chi connectivity index (χ0v) is 21.1. The van der Waals surface area contributed by atoms with Crippen molar-refractivity contribution >= 4 is 11.9 Å². The maximum atomic E-state index is 13.8. The molecule has 39 heavy (non-hydrogen) atoms. The molecule has 2 fully saturated rings. The van der Waals surface area contributed by atoms with E-state index in [1.54, 1.807) is 4.90 Å². The molecule has 13 heteroatoms. The molecule has 1 saturated carbocycles. The summed E-state index contributed by atoms with van der Waals surface area (Å²) < 4.78 is 81.8. The molecule has 0 radical (unpaired) electrons. The van der Waals surface area contributed by atoms with Crippen LogP contribution in [0.4, 0.5) is 26.3 Å². The fraction of sp³-hybridized carbons (Fsp3) is 0.577. The van der Waals surface area contributed by atoms with Gasteiger partial charge in [0.25, 0.3) is 5.91 Å². The highest BCUT2D eigenvalue weighted by Gasteiger charge is 2.43. The van der Waals surface area contributed by atoms with E-state index in [4.69, 9.17) is 0 Å². The van der Waals surface area contributed by atoms with Gasteiger partial charge in [-0.1, -0.05) is 31.0 Å². The Morgan fingerprint density at radius 2 is 1.77 bits per heavy atom. The number of likely N-dealkylation sites (tertiary alicyclic amines) is 1. The first-order chi connectivity index (χ1) is 18.3. The summed E-state index contributed by atoms with van der Waals surface area (Å²) in [4.78, 5) is 26.1. The van der Waals surface area contributed by atoms with Gasteiger partial charge < -0.3 is 15.3 Å². The van der Waals surface area contributed by atoms with Crippen molar-refractivity contribution in [1.82, 2.24) is 20.0 Å². The molecule has 1 aliphatic carbocycles. The standard InChI is InChI=1S/C26H30F6N4O3/c27-25(28,29)16-9-11-35(15-16)12-10-17(13-23(37)38)33-24(39)21-14-22(36(34-21)18-5-1-2-6-18)19-7-3-4-8-20(19)26(30,31)32/h3-4,7-8,14,16-18H,1-2,5-6,9-13,15H2,(H,33,39)(H,37,38). The maximum Gasteiger partial charge on any atom is 0.417 e. The molecule has 1 aromatic carbocycles. The first-order valence-electron chi connectivity index (χ1n) is 12.9. The molecular weight excluding hydrogens is 530 g/mol. The number of carbonyl (C=O) groups excluding carboxylic acids is 1. The van der Waals surface area contributed by atoms with Gasteiger partial charge in [0.2, 0.25) is 0 Å². The molecule has 1 aromatic heterocycles. The van der Waals surface area contributed by atoms with E-state index in [1.807, 2.05) is 0 Å². The molecule has 214 valence electrons. The average Bonchev–Trinajstić information content (AvgIpc) is 3.62. The smallest absolute Gasteiger partial charge is 0.417 e. The van der Waals surface area contributed by atoms with Gasteiger partial charge in [-0.3, -0.25) is 14.3 Å². The molecule has 1 aliphatic heterocycles. The molecule has 1 amide bonds. The number of aliphatic carboxylic acids is 1. The third-order valence-corrected chi connectivity index (χ3v) is 7.43. The lowest BCUT2D eigenvalue weighted by Crippen LogP contribution is -2.39. The first kappa shape index (κ1) is 28.9. The fourth-order valence-corrected chi connectivity index (χ4v) is 5.42. The second kappa shape index (κ2) is 11.6. The number of halogens is 6. The van der Waals surface area contributed by atoms with Crippen LogP contribution >= 0.6 is 0 Å². The number of carboxylic acid groups (broad SMARTS) is 1. The number of carbonyl (C=O) groups is 2. The summed E-state index contributed by atoms with van der Waals surface area (Å²) in [6.07, 6.45) is -6.20. The molecule has 0 bridgehead atoms. The molecule has 0 spiro atoms. The van der Waals surface area contributed by atoms with E-state index >= 15 is 0 Å². The molecule has 4 rings (SSSR count). The van der Waals surface area contributed by atoms with Crippen LogP contribution in [-0.4, -0.2) is 63.5 Å². The van der Waals surface area contributed by atoms with E-state index in [0.29, 0.717) is 12.8 Å². The second-order valence-corrected chi connectivity index (χ2v) is 10.2. The summed E-state index contributed by atoms with van der Waals surface area (Å²) in [5.74, 6) is -3.40. The molecule has 2 unspecified atom stereocenters. The van der Waals surface area contributed by atoms with Crippen LogP contribution in [0.2, 0.25) is 0 Å². The van der Waals surface area contributed by atoms with Gasteiger partial charge in [0.15, 0.2) is 5.69 Å². The lowest BCUT2D eigenvalue weighted by atomic mass is 10.0. The minimum atomic E-state index is -4.63. The molecule has 7 nitrogen and oxygen atoms in total. The number of rotatable bonds is 9. The monoisotopic (exact) mass is 560 g/mol. The van der Waals surface area contributed by atoms with Crippen LogP contribution < -0.4 is 5.32 Å². The average molecular weight is 561 g/mol. The summed E-state index contributed by atoms with van der Waals surface area (Å²) in [6, 6.07) is 5.24. The Hall–Kier alpha value is -3.09. The topological polar surface area (TPSA) is 87.5 Å². The number of nitrogens with one attached hydrogen (secondary N) is 1. The van der Waals surface area contributed by atoms with Crippen LogP contribution in [0.1, 0.15) is 67.0 Å². The Morgan fingerprint density at radius 3 is 2.38 bits per heavy atom. The normalized spacial score (nSPS) is 19.9.